The monoisotopic (exact) mass is 373 g/mol. The highest BCUT2D eigenvalue weighted by atomic mass is 32.2. The third kappa shape index (κ3) is 5.06. The molecule has 140 valence electrons. The van der Waals surface area contributed by atoms with Crippen molar-refractivity contribution in [2.75, 3.05) is 5.75 Å². The van der Waals surface area contributed by atoms with Crippen LogP contribution < -0.4 is 5.32 Å². The number of hydrogen-bond donors (Lipinski definition) is 1. The Balaban J connectivity index is 1.58. The zero-order valence-corrected chi connectivity index (χ0v) is 16.3. The highest BCUT2D eigenvalue weighted by molar-refractivity contribution is 7.99. The molecule has 0 radical (unpaired) electrons. The molecule has 1 N–H and O–H groups in total. The summed E-state index contributed by atoms with van der Waals surface area (Å²) in [5.74, 6) is 1.31. The molecule has 1 aliphatic carbocycles. The number of carbonyl (C=O) groups is 1. The lowest BCUT2D eigenvalue weighted by atomic mass is 10.1. The second kappa shape index (κ2) is 9.16. The molecule has 1 aliphatic rings. The van der Waals surface area contributed by atoms with Gasteiger partial charge < -0.3 is 5.32 Å². The third-order valence-electron chi connectivity index (χ3n) is 4.50. The summed E-state index contributed by atoms with van der Waals surface area (Å²) in [5, 5.41) is 12.6. The number of aromatic nitrogens is 4. The third-order valence-corrected chi connectivity index (χ3v) is 5.44. The van der Waals surface area contributed by atoms with Crippen LogP contribution in [0.4, 0.5) is 0 Å². The lowest BCUT2D eigenvalue weighted by Crippen LogP contribution is -2.33. The minimum Gasteiger partial charge on any atom is -0.353 e. The maximum atomic E-state index is 12.2. The predicted molar refractivity (Wildman–Crippen MR) is 104 cm³/mol. The highest BCUT2D eigenvalue weighted by Gasteiger charge is 2.30. The van der Waals surface area contributed by atoms with Gasteiger partial charge in [0.15, 0.2) is 11.0 Å². The zero-order chi connectivity index (χ0) is 18.4. The van der Waals surface area contributed by atoms with Crippen LogP contribution >= 0.6 is 11.8 Å². The van der Waals surface area contributed by atoms with E-state index in [1.54, 1.807) is 12.4 Å². The van der Waals surface area contributed by atoms with E-state index in [0.29, 0.717) is 11.8 Å². The quantitative estimate of drug-likeness (QED) is 0.506. The average molecular weight is 374 g/mol. The molecule has 1 fully saturated rings. The summed E-state index contributed by atoms with van der Waals surface area (Å²) in [6.45, 7) is 4.27. The standard InChI is InChI=1S/C19H27N5OS/c1-3-4-5-6-14(2)21-17(25)13-26-19-23-22-18(24(19)16-7-8-16)15-9-11-20-12-10-15/h9-12,14,16H,3-8,13H2,1-2H3,(H,21,25). The largest absolute Gasteiger partial charge is 0.353 e. The van der Waals surface area contributed by atoms with E-state index in [1.165, 1.54) is 24.6 Å². The Morgan fingerprint density at radius 1 is 1.31 bits per heavy atom. The van der Waals surface area contributed by atoms with Gasteiger partial charge in [0.25, 0.3) is 0 Å². The van der Waals surface area contributed by atoms with Crippen molar-refractivity contribution in [3.63, 3.8) is 0 Å². The topological polar surface area (TPSA) is 72.7 Å². The average Bonchev–Trinajstić information content (AvgIpc) is 3.40. The van der Waals surface area contributed by atoms with Gasteiger partial charge in [-0.05, 0) is 38.3 Å². The van der Waals surface area contributed by atoms with Crippen LogP contribution in [0.25, 0.3) is 11.4 Å². The van der Waals surface area contributed by atoms with Crippen LogP contribution in [0, 0.1) is 0 Å². The van der Waals surface area contributed by atoms with Crippen molar-refractivity contribution in [3.8, 4) is 11.4 Å². The number of rotatable bonds is 10. The Bertz CT molecular complexity index is 714. The second-order valence-corrected chi connectivity index (χ2v) is 7.84. The maximum absolute atomic E-state index is 12.2. The Hall–Kier alpha value is -1.89. The molecule has 1 atom stereocenters. The van der Waals surface area contributed by atoms with Crippen LogP contribution in [-0.4, -0.2) is 37.5 Å². The van der Waals surface area contributed by atoms with E-state index < -0.39 is 0 Å². The van der Waals surface area contributed by atoms with Crippen LogP contribution in [0.5, 0.6) is 0 Å². The van der Waals surface area contributed by atoms with Gasteiger partial charge in [0.05, 0.1) is 5.75 Å². The minimum absolute atomic E-state index is 0.0646. The SMILES string of the molecule is CCCCCC(C)NC(=O)CSc1nnc(-c2ccncc2)n1C1CC1. The van der Waals surface area contributed by atoms with Crippen molar-refractivity contribution in [1.29, 1.82) is 0 Å². The van der Waals surface area contributed by atoms with Crippen LogP contribution in [0.1, 0.15) is 58.4 Å². The fourth-order valence-corrected chi connectivity index (χ4v) is 3.77. The zero-order valence-electron chi connectivity index (χ0n) is 15.5. The summed E-state index contributed by atoms with van der Waals surface area (Å²) in [7, 11) is 0. The molecule has 0 saturated heterocycles. The van der Waals surface area contributed by atoms with Gasteiger partial charge in [-0.25, -0.2) is 0 Å². The predicted octanol–water partition coefficient (Wildman–Crippen LogP) is 3.85. The number of pyridine rings is 1. The summed E-state index contributed by atoms with van der Waals surface area (Å²) >= 11 is 1.47. The molecule has 1 saturated carbocycles. The summed E-state index contributed by atoms with van der Waals surface area (Å²) in [5.41, 5.74) is 1.01. The molecule has 7 heteroatoms. The molecule has 0 aliphatic heterocycles. The van der Waals surface area contributed by atoms with Crippen LogP contribution in [0.2, 0.25) is 0 Å². The number of nitrogens with zero attached hydrogens (tertiary/aromatic N) is 4. The fourth-order valence-electron chi connectivity index (χ4n) is 2.95. The number of amides is 1. The molecule has 26 heavy (non-hydrogen) atoms. The minimum atomic E-state index is 0.0646. The number of thioether (sulfide) groups is 1. The van der Waals surface area contributed by atoms with Crippen molar-refractivity contribution in [2.45, 2.75) is 69.6 Å². The lowest BCUT2D eigenvalue weighted by Gasteiger charge is -2.13. The van der Waals surface area contributed by atoms with Gasteiger partial charge in [-0.15, -0.1) is 10.2 Å². The van der Waals surface area contributed by atoms with Crippen molar-refractivity contribution in [2.24, 2.45) is 0 Å². The smallest absolute Gasteiger partial charge is 0.230 e. The van der Waals surface area contributed by atoms with E-state index in [9.17, 15) is 4.79 Å². The Kier molecular flexibility index (Phi) is 6.66. The van der Waals surface area contributed by atoms with E-state index in [1.807, 2.05) is 12.1 Å². The molecule has 2 aromatic rings. The molecule has 0 bridgehead atoms. The number of unbranched alkanes of at least 4 members (excludes halogenated alkanes) is 2. The van der Waals surface area contributed by atoms with Gasteiger partial charge >= 0.3 is 0 Å². The molecule has 1 unspecified atom stereocenters. The van der Waals surface area contributed by atoms with E-state index in [-0.39, 0.29) is 11.9 Å². The second-order valence-electron chi connectivity index (χ2n) is 6.90. The molecule has 2 heterocycles. The van der Waals surface area contributed by atoms with E-state index in [4.69, 9.17) is 0 Å². The van der Waals surface area contributed by atoms with Crippen LogP contribution in [0.15, 0.2) is 29.7 Å². The molecule has 0 aromatic carbocycles. The van der Waals surface area contributed by atoms with Crippen molar-refractivity contribution >= 4 is 17.7 Å². The fraction of sp³-hybridized carbons (Fsp3) is 0.579. The van der Waals surface area contributed by atoms with E-state index in [0.717, 1.165) is 42.2 Å². The van der Waals surface area contributed by atoms with E-state index >= 15 is 0 Å². The Morgan fingerprint density at radius 3 is 2.77 bits per heavy atom. The number of hydrogen-bond acceptors (Lipinski definition) is 5. The summed E-state index contributed by atoms with van der Waals surface area (Å²) in [6, 6.07) is 4.57. The summed E-state index contributed by atoms with van der Waals surface area (Å²) < 4.78 is 2.18. The molecule has 3 rings (SSSR count). The first-order chi connectivity index (χ1) is 12.7. The van der Waals surface area contributed by atoms with Crippen molar-refractivity contribution < 1.29 is 4.79 Å². The van der Waals surface area contributed by atoms with Gasteiger partial charge in [-0.3, -0.25) is 14.3 Å². The Morgan fingerprint density at radius 2 is 2.08 bits per heavy atom. The van der Waals surface area contributed by atoms with Crippen molar-refractivity contribution in [1.82, 2.24) is 25.1 Å². The molecule has 2 aromatic heterocycles. The number of nitrogens with one attached hydrogen (secondary N) is 1. The van der Waals surface area contributed by atoms with Gasteiger partial charge in [0.2, 0.25) is 5.91 Å². The lowest BCUT2D eigenvalue weighted by molar-refractivity contribution is -0.119. The van der Waals surface area contributed by atoms with Crippen LogP contribution in [-0.2, 0) is 4.79 Å². The van der Waals surface area contributed by atoms with Gasteiger partial charge in [0, 0.05) is 30.0 Å². The summed E-state index contributed by atoms with van der Waals surface area (Å²) in [4.78, 5) is 16.3. The van der Waals surface area contributed by atoms with Gasteiger partial charge in [-0.2, -0.15) is 0 Å². The maximum Gasteiger partial charge on any atom is 0.230 e. The first-order valence-corrected chi connectivity index (χ1v) is 10.4. The first kappa shape index (κ1) is 18.9. The molecular formula is C19H27N5OS. The summed E-state index contributed by atoms with van der Waals surface area (Å²) in [6.07, 6.45) is 10.4. The normalized spacial score (nSPS) is 15.0. The van der Waals surface area contributed by atoms with Crippen molar-refractivity contribution in [3.05, 3.63) is 24.5 Å². The number of carbonyl (C=O) groups excluding carboxylic acids is 1. The van der Waals surface area contributed by atoms with E-state index in [2.05, 4.69) is 38.9 Å². The van der Waals surface area contributed by atoms with Crippen LogP contribution in [0.3, 0.4) is 0 Å². The Labute approximate surface area is 159 Å². The molecule has 6 nitrogen and oxygen atoms in total. The molecule has 1 amide bonds. The van der Waals surface area contributed by atoms with Gasteiger partial charge in [-0.1, -0.05) is 37.9 Å². The molecular weight excluding hydrogens is 346 g/mol. The van der Waals surface area contributed by atoms with Gasteiger partial charge in [0.1, 0.15) is 0 Å². The molecule has 0 spiro atoms. The first-order valence-electron chi connectivity index (χ1n) is 9.46. The highest BCUT2D eigenvalue weighted by Crippen LogP contribution is 2.40.